The number of carbonyl (C=O) groups is 2. The number of unbranched alkanes of at least 4 members (excludes halogenated alkanes) is 2. The van der Waals surface area contributed by atoms with Gasteiger partial charge in [0, 0.05) is 13.1 Å². The highest BCUT2D eigenvalue weighted by Gasteiger charge is 2.47. The molecule has 0 spiro atoms. The van der Waals surface area contributed by atoms with E-state index in [0.717, 1.165) is 38.8 Å². The van der Waals surface area contributed by atoms with Crippen LogP contribution in [0.4, 0.5) is 4.79 Å². The Balaban J connectivity index is 2.74. The van der Waals surface area contributed by atoms with Crippen LogP contribution < -0.4 is 5.32 Å². The van der Waals surface area contributed by atoms with E-state index in [1.807, 2.05) is 6.92 Å². The van der Waals surface area contributed by atoms with Crippen LogP contribution in [-0.2, 0) is 4.79 Å². The normalized spacial score (nSPS) is 21.9. The molecule has 0 aromatic rings. The van der Waals surface area contributed by atoms with E-state index in [0.29, 0.717) is 18.5 Å². The lowest BCUT2D eigenvalue weighted by molar-refractivity contribution is -0.132. The maximum absolute atomic E-state index is 12.8. The topological polar surface area (TPSA) is 52.7 Å². The Hall–Kier alpha value is -1.10. The van der Waals surface area contributed by atoms with Gasteiger partial charge in [0.1, 0.15) is 5.54 Å². The number of rotatable bonds is 10. The summed E-state index contributed by atoms with van der Waals surface area (Å²) in [6.07, 6.45) is 3.88. The van der Waals surface area contributed by atoms with Gasteiger partial charge in [-0.2, -0.15) is 0 Å². The Labute approximate surface area is 141 Å². The van der Waals surface area contributed by atoms with E-state index >= 15 is 0 Å². The molecule has 1 unspecified atom stereocenters. The minimum absolute atomic E-state index is 0.0730. The molecule has 1 atom stereocenters. The molecule has 1 fully saturated rings. The minimum atomic E-state index is -0.729. The second-order valence-corrected chi connectivity index (χ2v) is 7.92. The number of amides is 3. The van der Waals surface area contributed by atoms with Crippen LogP contribution in [0.2, 0.25) is 0 Å². The van der Waals surface area contributed by atoms with Gasteiger partial charge in [0.05, 0.1) is 6.67 Å². The van der Waals surface area contributed by atoms with Gasteiger partial charge in [-0.1, -0.05) is 53.9 Å². The number of urea groups is 1. The van der Waals surface area contributed by atoms with Gasteiger partial charge in [-0.25, -0.2) is 9.69 Å². The number of hydrogen-bond acceptors (Lipinski definition) is 3. The molecule has 0 bridgehead atoms. The van der Waals surface area contributed by atoms with E-state index in [2.05, 4.69) is 44.8 Å². The minimum Gasteiger partial charge on any atom is -0.323 e. The summed E-state index contributed by atoms with van der Waals surface area (Å²) >= 11 is 0. The fourth-order valence-corrected chi connectivity index (χ4v) is 3.20. The smallest absolute Gasteiger partial charge is 0.323 e. The first-order chi connectivity index (χ1) is 10.7. The Bertz CT molecular complexity index is 399. The fourth-order valence-electron chi connectivity index (χ4n) is 3.20. The zero-order chi connectivity index (χ0) is 17.6. The van der Waals surface area contributed by atoms with E-state index in [1.165, 1.54) is 4.90 Å². The third-order valence-electron chi connectivity index (χ3n) is 4.21. The predicted octanol–water partition coefficient (Wildman–Crippen LogP) is 3.45. The van der Waals surface area contributed by atoms with E-state index in [4.69, 9.17) is 0 Å². The highest BCUT2D eigenvalue weighted by molar-refractivity contribution is 6.06. The van der Waals surface area contributed by atoms with Gasteiger partial charge in [-0.15, -0.1) is 0 Å². The molecule has 134 valence electrons. The highest BCUT2D eigenvalue weighted by atomic mass is 16.2. The van der Waals surface area contributed by atoms with Crippen molar-refractivity contribution < 1.29 is 9.59 Å². The first-order valence-corrected chi connectivity index (χ1v) is 9.06. The molecule has 1 saturated heterocycles. The molecule has 0 aromatic carbocycles. The molecular weight excluding hydrogens is 290 g/mol. The predicted molar refractivity (Wildman–Crippen MR) is 94.0 cm³/mol. The molecule has 3 amide bonds. The summed E-state index contributed by atoms with van der Waals surface area (Å²) in [7, 11) is 0. The third-order valence-corrected chi connectivity index (χ3v) is 4.21. The maximum Gasteiger partial charge on any atom is 0.326 e. The first kappa shape index (κ1) is 19.9. The molecular formula is C18H35N3O2. The van der Waals surface area contributed by atoms with E-state index in [-0.39, 0.29) is 11.9 Å². The number of hydrogen-bond donors (Lipinski definition) is 1. The lowest BCUT2D eigenvalue weighted by Gasteiger charge is -2.29. The Morgan fingerprint density at radius 3 is 2.13 bits per heavy atom. The van der Waals surface area contributed by atoms with Gasteiger partial charge < -0.3 is 5.32 Å². The van der Waals surface area contributed by atoms with Crippen LogP contribution >= 0.6 is 0 Å². The van der Waals surface area contributed by atoms with Crippen molar-refractivity contribution in [3.8, 4) is 0 Å². The lowest BCUT2D eigenvalue weighted by atomic mass is 9.94. The number of carbonyl (C=O) groups excluding carboxylic acids is 2. The molecule has 0 aliphatic carbocycles. The monoisotopic (exact) mass is 325 g/mol. The highest BCUT2D eigenvalue weighted by Crippen LogP contribution is 2.24. The van der Waals surface area contributed by atoms with Gasteiger partial charge in [0.15, 0.2) is 0 Å². The number of nitrogens with zero attached hydrogens (tertiary/aromatic N) is 2. The second kappa shape index (κ2) is 8.67. The average Bonchev–Trinajstić information content (AvgIpc) is 2.61. The Morgan fingerprint density at radius 2 is 1.65 bits per heavy atom. The van der Waals surface area contributed by atoms with Crippen LogP contribution in [0, 0.1) is 11.8 Å². The van der Waals surface area contributed by atoms with Crippen molar-refractivity contribution in [2.45, 2.75) is 72.8 Å². The van der Waals surface area contributed by atoms with Crippen LogP contribution in [0.3, 0.4) is 0 Å². The lowest BCUT2D eigenvalue weighted by Crippen LogP contribution is -2.46. The number of imide groups is 1. The molecule has 0 aromatic heterocycles. The molecule has 1 N–H and O–H groups in total. The van der Waals surface area contributed by atoms with Crippen molar-refractivity contribution in [3.63, 3.8) is 0 Å². The van der Waals surface area contributed by atoms with Gasteiger partial charge in [-0.05, 0) is 25.2 Å². The second-order valence-electron chi connectivity index (χ2n) is 7.92. The summed E-state index contributed by atoms with van der Waals surface area (Å²) in [6, 6.07) is -0.244. The van der Waals surface area contributed by atoms with E-state index in [1.54, 1.807) is 0 Å². The molecule has 5 nitrogen and oxygen atoms in total. The van der Waals surface area contributed by atoms with Gasteiger partial charge in [-0.3, -0.25) is 9.69 Å². The molecule has 5 heteroatoms. The van der Waals surface area contributed by atoms with Crippen molar-refractivity contribution in [3.05, 3.63) is 0 Å². The zero-order valence-corrected chi connectivity index (χ0v) is 15.8. The standard InChI is InChI=1S/C18H35N3O2/c1-7-8-9-10-18(6)16(22)21(17(23)19-18)13-20(11-14(2)3)12-15(4)5/h14-15H,7-13H2,1-6H3,(H,19,23). The van der Waals surface area contributed by atoms with E-state index < -0.39 is 5.54 Å². The summed E-state index contributed by atoms with van der Waals surface area (Å²) in [5, 5.41) is 2.91. The summed E-state index contributed by atoms with van der Waals surface area (Å²) in [5.41, 5.74) is -0.729. The summed E-state index contributed by atoms with van der Waals surface area (Å²) in [6.45, 7) is 14.8. The molecule has 1 heterocycles. The molecule has 1 rings (SSSR count). The maximum atomic E-state index is 12.8. The SMILES string of the molecule is CCCCCC1(C)NC(=O)N(CN(CC(C)C)CC(C)C)C1=O. The van der Waals surface area contributed by atoms with Crippen molar-refractivity contribution in [1.82, 2.24) is 15.1 Å². The van der Waals surface area contributed by atoms with Gasteiger partial charge in [0.25, 0.3) is 5.91 Å². The van der Waals surface area contributed by atoms with Gasteiger partial charge >= 0.3 is 6.03 Å². The quantitative estimate of drug-likeness (QED) is 0.494. The fraction of sp³-hybridized carbons (Fsp3) is 0.889. The molecule has 1 aliphatic heterocycles. The molecule has 0 saturated carbocycles. The molecule has 0 radical (unpaired) electrons. The van der Waals surface area contributed by atoms with Crippen LogP contribution in [0.15, 0.2) is 0 Å². The van der Waals surface area contributed by atoms with Crippen LogP contribution in [0.1, 0.15) is 67.2 Å². The third kappa shape index (κ3) is 5.79. The summed E-state index contributed by atoms with van der Waals surface area (Å²) in [5.74, 6) is 0.937. The van der Waals surface area contributed by atoms with E-state index in [9.17, 15) is 9.59 Å². The van der Waals surface area contributed by atoms with Crippen molar-refractivity contribution in [1.29, 1.82) is 0 Å². The summed E-state index contributed by atoms with van der Waals surface area (Å²) < 4.78 is 0. The first-order valence-electron chi connectivity index (χ1n) is 9.06. The largest absolute Gasteiger partial charge is 0.326 e. The molecule has 23 heavy (non-hydrogen) atoms. The summed E-state index contributed by atoms with van der Waals surface area (Å²) in [4.78, 5) is 28.7. The Morgan fingerprint density at radius 1 is 1.09 bits per heavy atom. The van der Waals surface area contributed by atoms with Crippen LogP contribution in [0.5, 0.6) is 0 Å². The number of nitrogens with one attached hydrogen (secondary N) is 1. The average molecular weight is 325 g/mol. The van der Waals surface area contributed by atoms with Gasteiger partial charge in [0.2, 0.25) is 0 Å². The van der Waals surface area contributed by atoms with Crippen molar-refractivity contribution in [2.75, 3.05) is 19.8 Å². The van der Waals surface area contributed by atoms with Crippen molar-refractivity contribution in [2.24, 2.45) is 11.8 Å². The van der Waals surface area contributed by atoms with Crippen LogP contribution in [0.25, 0.3) is 0 Å². The zero-order valence-electron chi connectivity index (χ0n) is 15.8. The van der Waals surface area contributed by atoms with Crippen LogP contribution in [-0.4, -0.2) is 47.0 Å². The van der Waals surface area contributed by atoms with Crippen molar-refractivity contribution >= 4 is 11.9 Å². The Kier molecular flexibility index (Phi) is 7.52. The molecule has 1 aliphatic rings.